The Labute approximate surface area is 86.6 Å². The Balaban J connectivity index is 2.18. The fourth-order valence-corrected chi connectivity index (χ4v) is 3.68. The zero-order valence-electron chi connectivity index (χ0n) is 9.55. The summed E-state index contributed by atoms with van der Waals surface area (Å²) in [5.41, 5.74) is 0.100. The summed E-state index contributed by atoms with van der Waals surface area (Å²) < 4.78 is 6.16. The van der Waals surface area contributed by atoms with E-state index in [1.54, 1.807) is 0 Å². The lowest BCUT2D eigenvalue weighted by Gasteiger charge is -2.57. The van der Waals surface area contributed by atoms with Crippen LogP contribution < -0.4 is 0 Å². The number of ether oxygens (including phenoxy) is 1. The topological polar surface area (TPSA) is 29.5 Å². The first-order chi connectivity index (χ1) is 6.47. The van der Waals surface area contributed by atoms with Crippen LogP contribution >= 0.6 is 0 Å². The monoisotopic (exact) mass is 198 g/mol. The average Bonchev–Trinajstić information content (AvgIpc) is 2.00. The van der Waals surface area contributed by atoms with Crippen molar-refractivity contribution in [2.45, 2.75) is 57.7 Å². The Morgan fingerprint density at radius 1 is 1.36 bits per heavy atom. The maximum absolute atomic E-state index is 9.06. The Kier molecular flexibility index (Phi) is 2.39. The molecule has 3 rings (SSSR count). The van der Waals surface area contributed by atoms with E-state index in [9.17, 15) is 0 Å². The Morgan fingerprint density at radius 2 is 2.07 bits per heavy atom. The molecule has 14 heavy (non-hydrogen) atoms. The van der Waals surface area contributed by atoms with Crippen LogP contribution in [0.3, 0.4) is 0 Å². The molecule has 0 amide bonds. The first-order valence-electron chi connectivity index (χ1n) is 5.78. The highest BCUT2D eigenvalue weighted by molar-refractivity contribution is 5.01. The van der Waals surface area contributed by atoms with E-state index in [1.165, 1.54) is 12.8 Å². The molecule has 2 nitrogen and oxygen atoms in total. The van der Waals surface area contributed by atoms with E-state index < -0.39 is 0 Å². The minimum Gasteiger partial charge on any atom is -0.396 e. The van der Waals surface area contributed by atoms with Gasteiger partial charge in [0.1, 0.15) is 0 Å². The molecular weight excluding hydrogens is 176 g/mol. The Morgan fingerprint density at radius 3 is 2.57 bits per heavy atom. The van der Waals surface area contributed by atoms with Gasteiger partial charge in [0.05, 0.1) is 11.2 Å². The third-order valence-corrected chi connectivity index (χ3v) is 4.15. The summed E-state index contributed by atoms with van der Waals surface area (Å²) in [7, 11) is 0. The van der Waals surface area contributed by atoms with Gasteiger partial charge in [0.25, 0.3) is 0 Å². The van der Waals surface area contributed by atoms with Crippen molar-refractivity contribution in [3.05, 3.63) is 0 Å². The van der Waals surface area contributed by atoms with Crippen LogP contribution in [-0.2, 0) is 4.74 Å². The van der Waals surface area contributed by atoms with Crippen molar-refractivity contribution >= 4 is 0 Å². The fraction of sp³-hybridized carbons (Fsp3) is 1.00. The van der Waals surface area contributed by atoms with Gasteiger partial charge in [-0.05, 0) is 58.3 Å². The standard InChI is InChI=1S/C12H22O2/c1-11(2)10-4-6-12(3,14-11)8-9(10)5-7-13/h9-10,13H,4-8H2,1-3H3/t9-,10-,12+/m1/s1. The summed E-state index contributed by atoms with van der Waals surface area (Å²) >= 11 is 0. The van der Waals surface area contributed by atoms with E-state index in [0.717, 1.165) is 12.8 Å². The van der Waals surface area contributed by atoms with Gasteiger partial charge in [0, 0.05) is 6.61 Å². The van der Waals surface area contributed by atoms with E-state index in [1.807, 2.05) is 0 Å². The molecule has 2 aliphatic heterocycles. The fourth-order valence-electron chi connectivity index (χ4n) is 3.68. The summed E-state index contributed by atoms with van der Waals surface area (Å²) in [5, 5.41) is 9.06. The number of hydrogen-bond donors (Lipinski definition) is 1. The first kappa shape index (κ1) is 10.4. The second-order valence-electron chi connectivity index (χ2n) is 5.78. The van der Waals surface area contributed by atoms with Crippen molar-refractivity contribution in [3.8, 4) is 0 Å². The molecule has 2 saturated heterocycles. The summed E-state index contributed by atoms with van der Waals surface area (Å²) in [6.45, 7) is 6.97. The van der Waals surface area contributed by atoms with Crippen LogP contribution in [0.2, 0.25) is 0 Å². The molecule has 3 fully saturated rings. The lowest BCUT2D eigenvalue weighted by atomic mass is 9.62. The van der Waals surface area contributed by atoms with Gasteiger partial charge in [-0.25, -0.2) is 0 Å². The molecule has 0 aromatic carbocycles. The van der Waals surface area contributed by atoms with Crippen molar-refractivity contribution < 1.29 is 9.84 Å². The van der Waals surface area contributed by atoms with Gasteiger partial charge in [-0.15, -0.1) is 0 Å². The molecule has 0 radical (unpaired) electrons. The molecule has 3 atom stereocenters. The molecule has 0 unspecified atom stereocenters. The van der Waals surface area contributed by atoms with Crippen molar-refractivity contribution in [2.24, 2.45) is 11.8 Å². The quantitative estimate of drug-likeness (QED) is 0.738. The predicted molar refractivity (Wildman–Crippen MR) is 56.1 cm³/mol. The van der Waals surface area contributed by atoms with Crippen molar-refractivity contribution in [3.63, 3.8) is 0 Å². The predicted octanol–water partition coefficient (Wildman–Crippen LogP) is 2.35. The van der Waals surface area contributed by atoms with Crippen LogP contribution in [0.15, 0.2) is 0 Å². The highest BCUT2D eigenvalue weighted by Crippen LogP contribution is 2.53. The highest BCUT2D eigenvalue weighted by Gasteiger charge is 2.52. The van der Waals surface area contributed by atoms with E-state index in [-0.39, 0.29) is 11.2 Å². The molecule has 2 heterocycles. The van der Waals surface area contributed by atoms with Crippen LogP contribution in [0.4, 0.5) is 0 Å². The average molecular weight is 198 g/mol. The highest BCUT2D eigenvalue weighted by atomic mass is 16.5. The SMILES string of the molecule is CC1(C)O[C@@]2(C)CC[C@@H]1[C@H](CCO)C2. The van der Waals surface area contributed by atoms with Crippen LogP contribution in [0, 0.1) is 11.8 Å². The normalized spacial score (nSPS) is 45.4. The first-order valence-corrected chi connectivity index (χ1v) is 5.78. The molecule has 0 spiro atoms. The van der Waals surface area contributed by atoms with E-state index in [2.05, 4.69) is 20.8 Å². The third kappa shape index (κ3) is 1.59. The molecule has 82 valence electrons. The third-order valence-electron chi connectivity index (χ3n) is 4.15. The maximum atomic E-state index is 9.06. The summed E-state index contributed by atoms with van der Waals surface area (Å²) in [6.07, 6.45) is 4.56. The zero-order valence-corrected chi connectivity index (χ0v) is 9.55. The Bertz CT molecular complexity index is 222. The lowest BCUT2D eigenvalue weighted by molar-refractivity contribution is -0.251. The molecule has 2 heteroatoms. The molecule has 1 aliphatic carbocycles. The second kappa shape index (κ2) is 3.21. The smallest absolute Gasteiger partial charge is 0.0664 e. The zero-order chi connectivity index (χ0) is 10.4. The molecule has 1 saturated carbocycles. The molecule has 0 aromatic heterocycles. The van der Waals surface area contributed by atoms with Crippen molar-refractivity contribution in [1.82, 2.24) is 0 Å². The van der Waals surface area contributed by atoms with Gasteiger partial charge in [0.2, 0.25) is 0 Å². The lowest BCUT2D eigenvalue weighted by Crippen LogP contribution is -2.58. The second-order valence-corrected chi connectivity index (χ2v) is 5.78. The number of rotatable bonds is 2. The molecule has 3 aliphatic rings. The van der Waals surface area contributed by atoms with Gasteiger partial charge < -0.3 is 9.84 Å². The van der Waals surface area contributed by atoms with Gasteiger partial charge in [-0.3, -0.25) is 0 Å². The van der Waals surface area contributed by atoms with Gasteiger partial charge in [-0.2, -0.15) is 0 Å². The van der Waals surface area contributed by atoms with Gasteiger partial charge in [0.15, 0.2) is 0 Å². The van der Waals surface area contributed by atoms with Crippen LogP contribution in [0.5, 0.6) is 0 Å². The number of aliphatic hydroxyl groups excluding tert-OH is 1. The van der Waals surface area contributed by atoms with Gasteiger partial charge in [-0.1, -0.05) is 0 Å². The van der Waals surface area contributed by atoms with E-state index >= 15 is 0 Å². The Hall–Kier alpha value is -0.0800. The van der Waals surface area contributed by atoms with Crippen LogP contribution in [-0.4, -0.2) is 22.9 Å². The largest absolute Gasteiger partial charge is 0.396 e. The summed E-state index contributed by atoms with van der Waals surface area (Å²) in [4.78, 5) is 0. The number of aliphatic hydroxyl groups is 1. The number of hydrogen-bond acceptors (Lipinski definition) is 2. The van der Waals surface area contributed by atoms with Crippen molar-refractivity contribution in [1.29, 1.82) is 0 Å². The van der Waals surface area contributed by atoms with Crippen LogP contribution in [0.25, 0.3) is 0 Å². The minimum atomic E-state index is 0.0189. The van der Waals surface area contributed by atoms with E-state index in [0.29, 0.717) is 18.4 Å². The molecular formula is C12H22O2. The summed E-state index contributed by atoms with van der Waals surface area (Å²) in [5.74, 6) is 1.32. The molecule has 0 aromatic rings. The minimum absolute atomic E-state index is 0.0189. The molecule has 2 bridgehead atoms. The van der Waals surface area contributed by atoms with Gasteiger partial charge >= 0.3 is 0 Å². The van der Waals surface area contributed by atoms with Crippen LogP contribution in [0.1, 0.15) is 46.5 Å². The number of fused-ring (bicyclic) bond motifs is 3. The van der Waals surface area contributed by atoms with Crippen molar-refractivity contribution in [2.75, 3.05) is 6.61 Å². The van der Waals surface area contributed by atoms with E-state index in [4.69, 9.17) is 9.84 Å². The summed E-state index contributed by atoms with van der Waals surface area (Å²) in [6, 6.07) is 0. The maximum Gasteiger partial charge on any atom is 0.0664 e. The molecule has 1 N–H and O–H groups in total.